The molecule has 0 atom stereocenters. The predicted molar refractivity (Wildman–Crippen MR) is 114 cm³/mol. The van der Waals surface area contributed by atoms with Crippen LogP contribution in [0.3, 0.4) is 0 Å². The van der Waals surface area contributed by atoms with Crippen LogP contribution in [0.5, 0.6) is 0 Å². The molecule has 1 aliphatic rings. The average molecular weight is 417 g/mol. The first-order valence-corrected chi connectivity index (χ1v) is 10.2. The Morgan fingerprint density at radius 2 is 1.96 bits per heavy atom. The van der Waals surface area contributed by atoms with E-state index >= 15 is 0 Å². The number of nitrogens with zero attached hydrogens (tertiary/aromatic N) is 2. The minimum absolute atomic E-state index is 0.0134. The molecule has 0 bridgehead atoms. The molecule has 3 rings (SSSR count). The Labute approximate surface area is 171 Å². The molecule has 1 amide bonds. The molecule has 2 aromatic rings. The summed E-state index contributed by atoms with van der Waals surface area (Å²) < 4.78 is 0.506. The van der Waals surface area contributed by atoms with Crippen LogP contribution < -0.4 is 0 Å². The van der Waals surface area contributed by atoms with Gasteiger partial charge in [0, 0.05) is 28.5 Å². The summed E-state index contributed by atoms with van der Waals surface area (Å²) >= 11 is 7.96. The number of rotatable bonds is 5. The summed E-state index contributed by atoms with van der Waals surface area (Å²) in [5.41, 5.74) is 1.78. The van der Waals surface area contributed by atoms with Crippen LogP contribution in [0, 0.1) is 17.0 Å². The van der Waals surface area contributed by atoms with E-state index < -0.39 is 4.92 Å². The maximum absolute atomic E-state index is 12.5. The Bertz CT molecular complexity index is 955. The van der Waals surface area contributed by atoms with Crippen molar-refractivity contribution in [1.82, 2.24) is 4.90 Å². The van der Waals surface area contributed by atoms with Crippen LogP contribution in [-0.4, -0.2) is 26.6 Å². The van der Waals surface area contributed by atoms with Gasteiger partial charge in [-0.1, -0.05) is 53.4 Å². The van der Waals surface area contributed by atoms with Crippen LogP contribution in [0.15, 0.2) is 57.2 Å². The molecule has 2 aromatic carbocycles. The van der Waals surface area contributed by atoms with Gasteiger partial charge in [0.1, 0.15) is 4.32 Å². The second-order valence-electron chi connectivity index (χ2n) is 5.82. The number of nitro benzene ring substituents is 1. The molecule has 27 heavy (non-hydrogen) atoms. The largest absolute Gasteiger partial charge is 0.293 e. The molecule has 138 valence electrons. The Hall–Kier alpha value is -2.16. The van der Waals surface area contributed by atoms with E-state index in [0.29, 0.717) is 21.3 Å². The van der Waals surface area contributed by atoms with Crippen molar-refractivity contribution in [3.63, 3.8) is 0 Å². The number of likely N-dealkylation sites (N-methyl/N-ethyl adjacent to an activating group) is 1. The van der Waals surface area contributed by atoms with E-state index in [4.69, 9.17) is 12.2 Å². The number of carbonyl (C=O) groups excluding carboxylic acids is 1. The molecule has 0 saturated carbocycles. The first-order chi connectivity index (χ1) is 12.9. The highest BCUT2D eigenvalue weighted by Crippen LogP contribution is 2.37. The molecule has 1 heterocycles. The summed E-state index contributed by atoms with van der Waals surface area (Å²) in [6.45, 7) is 4.38. The number of amides is 1. The minimum Gasteiger partial charge on any atom is -0.293 e. The lowest BCUT2D eigenvalue weighted by molar-refractivity contribution is -0.384. The van der Waals surface area contributed by atoms with Crippen molar-refractivity contribution in [2.75, 3.05) is 6.54 Å². The molecule has 1 saturated heterocycles. The lowest BCUT2D eigenvalue weighted by Crippen LogP contribution is -2.27. The van der Waals surface area contributed by atoms with Crippen LogP contribution in [-0.2, 0) is 4.79 Å². The molecule has 0 unspecified atom stereocenters. The zero-order valence-corrected chi connectivity index (χ0v) is 17.1. The normalized spacial score (nSPS) is 15.6. The fourth-order valence-corrected chi connectivity index (χ4v) is 4.78. The maximum Gasteiger partial charge on any atom is 0.270 e. The SMILES string of the molecule is CCN1C(=O)/C(=C\c2cc([N+](=O)[O-])ccc2Sc2ccc(C)cc2)SC1=S. The Morgan fingerprint density at radius 3 is 2.56 bits per heavy atom. The number of carbonyl (C=O) groups is 1. The first kappa shape index (κ1) is 19.6. The quantitative estimate of drug-likeness (QED) is 0.286. The number of hydrogen-bond donors (Lipinski definition) is 0. The predicted octanol–water partition coefficient (Wildman–Crippen LogP) is 5.28. The van der Waals surface area contributed by atoms with E-state index in [9.17, 15) is 14.9 Å². The molecular weight excluding hydrogens is 400 g/mol. The number of benzene rings is 2. The van der Waals surface area contributed by atoms with Crippen molar-refractivity contribution in [2.24, 2.45) is 0 Å². The Morgan fingerprint density at radius 1 is 1.26 bits per heavy atom. The second kappa shape index (κ2) is 8.24. The zero-order chi connectivity index (χ0) is 19.6. The lowest BCUT2D eigenvalue weighted by Gasteiger charge is -2.10. The topological polar surface area (TPSA) is 63.5 Å². The highest BCUT2D eigenvalue weighted by molar-refractivity contribution is 8.26. The van der Waals surface area contributed by atoms with Gasteiger partial charge in [-0.25, -0.2) is 0 Å². The van der Waals surface area contributed by atoms with Crippen molar-refractivity contribution < 1.29 is 9.72 Å². The van der Waals surface area contributed by atoms with E-state index in [1.807, 2.05) is 38.1 Å². The number of aryl methyl sites for hydroxylation is 1. The third-order valence-corrected chi connectivity index (χ3v) is 6.41. The van der Waals surface area contributed by atoms with Crippen molar-refractivity contribution in [3.05, 3.63) is 68.6 Å². The van der Waals surface area contributed by atoms with Gasteiger partial charge in [0.05, 0.1) is 9.83 Å². The number of hydrogen-bond acceptors (Lipinski definition) is 6. The molecule has 1 aliphatic heterocycles. The van der Waals surface area contributed by atoms with Crippen LogP contribution in [0.4, 0.5) is 5.69 Å². The summed E-state index contributed by atoms with van der Waals surface area (Å²) in [5.74, 6) is -0.162. The lowest BCUT2D eigenvalue weighted by atomic mass is 10.2. The van der Waals surface area contributed by atoms with Crippen molar-refractivity contribution >= 4 is 57.7 Å². The molecule has 8 heteroatoms. The van der Waals surface area contributed by atoms with Gasteiger partial charge in [0.15, 0.2) is 0 Å². The summed E-state index contributed by atoms with van der Waals surface area (Å²) in [4.78, 5) is 27.1. The summed E-state index contributed by atoms with van der Waals surface area (Å²) in [5, 5.41) is 11.2. The fourth-order valence-electron chi connectivity index (χ4n) is 2.50. The van der Waals surface area contributed by atoms with Crippen molar-refractivity contribution in [3.8, 4) is 0 Å². The number of thioether (sulfide) groups is 1. The highest BCUT2D eigenvalue weighted by atomic mass is 32.2. The number of non-ortho nitro benzene ring substituents is 1. The maximum atomic E-state index is 12.5. The van der Waals surface area contributed by atoms with Gasteiger partial charge in [-0.2, -0.15) is 0 Å². The van der Waals surface area contributed by atoms with Gasteiger partial charge in [-0.15, -0.1) is 0 Å². The average Bonchev–Trinajstić information content (AvgIpc) is 2.91. The van der Waals surface area contributed by atoms with E-state index in [-0.39, 0.29) is 11.6 Å². The summed E-state index contributed by atoms with van der Waals surface area (Å²) in [7, 11) is 0. The fraction of sp³-hybridized carbons (Fsp3) is 0.158. The van der Waals surface area contributed by atoms with Crippen LogP contribution in [0.2, 0.25) is 0 Å². The van der Waals surface area contributed by atoms with Gasteiger partial charge < -0.3 is 0 Å². The van der Waals surface area contributed by atoms with Crippen molar-refractivity contribution in [2.45, 2.75) is 23.6 Å². The molecule has 5 nitrogen and oxygen atoms in total. The highest BCUT2D eigenvalue weighted by Gasteiger charge is 2.31. The van der Waals surface area contributed by atoms with E-state index in [1.165, 1.54) is 40.6 Å². The van der Waals surface area contributed by atoms with Gasteiger partial charge in [-0.05, 0) is 43.7 Å². The van der Waals surface area contributed by atoms with Crippen LogP contribution >= 0.6 is 35.7 Å². The van der Waals surface area contributed by atoms with Gasteiger partial charge in [-0.3, -0.25) is 19.8 Å². The first-order valence-electron chi connectivity index (χ1n) is 8.17. The standard InChI is InChI=1S/C19H16N2O3S3/c1-3-20-18(22)17(27-19(20)25)11-13-10-14(21(23)24)6-9-16(13)26-15-7-4-12(2)5-8-15/h4-11H,3H2,1-2H3/b17-11+. The summed E-state index contributed by atoms with van der Waals surface area (Å²) in [6, 6.07) is 12.7. The van der Waals surface area contributed by atoms with E-state index in [1.54, 1.807) is 12.1 Å². The smallest absolute Gasteiger partial charge is 0.270 e. The number of nitro groups is 1. The monoisotopic (exact) mass is 416 g/mol. The molecule has 1 fully saturated rings. The van der Waals surface area contributed by atoms with E-state index in [2.05, 4.69) is 0 Å². The Balaban J connectivity index is 2.01. The van der Waals surface area contributed by atoms with Crippen molar-refractivity contribution in [1.29, 1.82) is 0 Å². The van der Waals surface area contributed by atoms with Gasteiger partial charge in [0.2, 0.25) is 0 Å². The third-order valence-electron chi connectivity index (χ3n) is 3.93. The molecule has 0 N–H and O–H groups in total. The molecule has 0 aliphatic carbocycles. The third kappa shape index (κ3) is 4.40. The van der Waals surface area contributed by atoms with Gasteiger partial charge in [0.25, 0.3) is 11.6 Å². The van der Waals surface area contributed by atoms with E-state index in [0.717, 1.165) is 15.4 Å². The molecular formula is C19H16N2O3S3. The molecule has 0 aromatic heterocycles. The molecule has 0 radical (unpaired) electrons. The van der Waals surface area contributed by atoms with Crippen LogP contribution in [0.1, 0.15) is 18.1 Å². The Kier molecular flexibility index (Phi) is 5.98. The second-order valence-corrected chi connectivity index (χ2v) is 8.61. The van der Waals surface area contributed by atoms with Crippen LogP contribution in [0.25, 0.3) is 6.08 Å². The minimum atomic E-state index is -0.436. The molecule has 0 spiro atoms. The summed E-state index contributed by atoms with van der Waals surface area (Å²) in [6.07, 6.45) is 1.69. The zero-order valence-electron chi connectivity index (χ0n) is 14.7. The van der Waals surface area contributed by atoms with Gasteiger partial charge >= 0.3 is 0 Å². The number of thiocarbonyl (C=S) groups is 1.